The van der Waals surface area contributed by atoms with Gasteiger partial charge in [-0.15, -0.1) is 11.3 Å². The number of thiophene rings is 1. The molecule has 1 N–H and O–H groups in total. The zero-order chi connectivity index (χ0) is 16.9. The highest BCUT2D eigenvalue weighted by atomic mass is 32.1. The zero-order valence-electron chi connectivity index (χ0n) is 14.2. The number of methoxy groups -OCH3 is 1. The van der Waals surface area contributed by atoms with Gasteiger partial charge in [-0.3, -0.25) is 0 Å². The molecule has 24 heavy (non-hydrogen) atoms. The van der Waals surface area contributed by atoms with Crippen molar-refractivity contribution in [2.24, 2.45) is 0 Å². The lowest BCUT2D eigenvalue weighted by molar-refractivity contribution is 0.188. The summed E-state index contributed by atoms with van der Waals surface area (Å²) in [6, 6.07) is 12.5. The molecule has 2 aromatic rings. The van der Waals surface area contributed by atoms with E-state index in [1.807, 2.05) is 35.2 Å². The van der Waals surface area contributed by atoms with Crippen LogP contribution in [0.2, 0.25) is 0 Å². The van der Waals surface area contributed by atoms with Crippen LogP contribution in [0.4, 0.5) is 4.79 Å². The van der Waals surface area contributed by atoms with E-state index < -0.39 is 0 Å². The number of carbonyl (C=O) groups is 1. The van der Waals surface area contributed by atoms with Crippen molar-refractivity contribution in [2.75, 3.05) is 7.11 Å². The average molecular weight is 344 g/mol. The Labute approximate surface area is 147 Å². The zero-order valence-corrected chi connectivity index (χ0v) is 15.0. The second-order valence-electron chi connectivity index (χ2n) is 6.12. The van der Waals surface area contributed by atoms with Crippen LogP contribution in [0.15, 0.2) is 41.8 Å². The predicted octanol–water partition coefficient (Wildman–Crippen LogP) is 4.58. The minimum absolute atomic E-state index is 0.0213. The fourth-order valence-corrected chi connectivity index (χ4v) is 3.52. The summed E-state index contributed by atoms with van der Waals surface area (Å²) in [6.45, 7) is 2.79. The van der Waals surface area contributed by atoms with E-state index in [-0.39, 0.29) is 12.1 Å². The van der Waals surface area contributed by atoms with Crippen LogP contribution in [-0.2, 0) is 6.54 Å². The Balaban J connectivity index is 1.67. The second-order valence-corrected chi connectivity index (χ2v) is 7.15. The quantitative estimate of drug-likeness (QED) is 0.798. The highest BCUT2D eigenvalue weighted by molar-refractivity contribution is 7.09. The molecule has 1 unspecified atom stereocenters. The molecule has 1 fully saturated rings. The van der Waals surface area contributed by atoms with Gasteiger partial charge in [-0.1, -0.05) is 25.1 Å². The van der Waals surface area contributed by atoms with Crippen LogP contribution in [0.3, 0.4) is 0 Å². The lowest BCUT2D eigenvalue weighted by Gasteiger charge is -2.26. The van der Waals surface area contributed by atoms with Gasteiger partial charge >= 0.3 is 6.03 Å². The van der Waals surface area contributed by atoms with Crippen molar-refractivity contribution in [2.45, 2.75) is 44.8 Å². The van der Waals surface area contributed by atoms with Crippen molar-refractivity contribution in [1.82, 2.24) is 10.2 Å². The summed E-state index contributed by atoms with van der Waals surface area (Å²) >= 11 is 1.70. The molecule has 5 heteroatoms. The van der Waals surface area contributed by atoms with Gasteiger partial charge in [0.1, 0.15) is 5.75 Å². The number of nitrogens with zero attached hydrogens (tertiary/aromatic N) is 1. The van der Waals surface area contributed by atoms with Gasteiger partial charge in [0.2, 0.25) is 0 Å². The van der Waals surface area contributed by atoms with E-state index in [1.54, 1.807) is 18.4 Å². The predicted molar refractivity (Wildman–Crippen MR) is 97.4 cm³/mol. The van der Waals surface area contributed by atoms with Gasteiger partial charge in [0.25, 0.3) is 0 Å². The maximum Gasteiger partial charge on any atom is 0.318 e. The largest absolute Gasteiger partial charge is 0.497 e. The van der Waals surface area contributed by atoms with Crippen LogP contribution in [-0.4, -0.2) is 24.1 Å². The molecule has 128 valence electrons. The van der Waals surface area contributed by atoms with E-state index >= 15 is 0 Å². The van der Waals surface area contributed by atoms with E-state index in [0.29, 0.717) is 12.6 Å². The number of urea groups is 1. The van der Waals surface area contributed by atoms with Crippen LogP contribution in [0.25, 0.3) is 0 Å². The first-order chi connectivity index (χ1) is 11.7. The minimum atomic E-state index is 0.0213. The average Bonchev–Trinajstić information content (AvgIpc) is 3.33. The van der Waals surface area contributed by atoms with Gasteiger partial charge in [0, 0.05) is 10.9 Å². The molecule has 0 aliphatic heterocycles. The molecule has 1 heterocycles. The number of rotatable bonds is 7. The summed E-state index contributed by atoms with van der Waals surface area (Å²) in [5, 5.41) is 5.27. The summed E-state index contributed by atoms with van der Waals surface area (Å²) in [6.07, 6.45) is 3.08. The van der Waals surface area contributed by atoms with Gasteiger partial charge in [0.05, 0.1) is 19.7 Å². The van der Waals surface area contributed by atoms with Crippen molar-refractivity contribution in [3.8, 4) is 5.75 Å². The molecule has 1 aliphatic rings. The van der Waals surface area contributed by atoms with Crippen LogP contribution >= 0.6 is 11.3 Å². The van der Waals surface area contributed by atoms with Crippen molar-refractivity contribution >= 4 is 17.4 Å². The van der Waals surface area contributed by atoms with Crippen molar-refractivity contribution in [3.05, 3.63) is 52.2 Å². The van der Waals surface area contributed by atoms with Crippen molar-refractivity contribution in [3.63, 3.8) is 0 Å². The molecule has 0 radical (unpaired) electrons. The van der Waals surface area contributed by atoms with Crippen LogP contribution in [0.5, 0.6) is 5.75 Å². The Kier molecular flexibility index (Phi) is 5.41. The van der Waals surface area contributed by atoms with E-state index in [4.69, 9.17) is 4.74 Å². The third-order valence-electron chi connectivity index (χ3n) is 4.38. The number of ether oxygens (including phenoxy) is 1. The molecule has 1 saturated carbocycles. The van der Waals surface area contributed by atoms with Crippen molar-refractivity contribution in [1.29, 1.82) is 0 Å². The maximum atomic E-state index is 12.8. The lowest BCUT2D eigenvalue weighted by Crippen LogP contribution is -2.42. The molecule has 1 aromatic heterocycles. The van der Waals surface area contributed by atoms with Crippen LogP contribution in [0.1, 0.15) is 42.7 Å². The first kappa shape index (κ1) is 16.8. The summed E-state index contributed by atoms with van der Waals surface area (Å²) in [5.74, 6) is 0.831. The first-order valence-corrected chi connectivity index (χ1v) is 9.32. The van der Waals surface area contributed by atoms with Crippen LogP contribution < -0.4 is 10.1 Å². The molecule has 0 spiro atoms. The molecule has 0 bridgehead atoms. The molecular weight excluding hydrogens is 320 g/mol. The topological polar surface area (TPSA) is 41.6 Å². The molecule has 3 rings (SSSR count). The molecule has 1 aliphatic carbocycles. The standard InChI is InChI=1S/C19H24N2O2S/c1-3-18(14-6-10-16(23-2)11-7-14)20-19(22)21(15-8-9-15)13-17-5-4-12-24-17/h4-7,10-12,15,18H,3,8-9,13H2,1-2H3,(H,20,22). The Bertz CT molecular complexity index is 651. The third kappa shape index (κ3) is 4.09. The molecule has 4 nitrogen and oxygen atoms in total. The number of amides is 2. The lowest BCUT2D eigenvalue weighted by atomic mass is 10.0. The van der Waals surface area contributed by atoms with Crippen molar-refractivity contribution < 1.29 is 9.53 Å². The first-order valence-electron chi connectivity index (χ1n) is 8.44. The fraction of sp³-hybridized carbons (Fsp3) is 0.421. The van der Waals surface area contributed by atoms with Gasteiger partial charge in [0.15, 0.2) is 0 Å². The Morgan fingerprint density at radius 1 is 1.33 bits per heavy atom. The molecule has 1 atom stereocenters. The number of hydrogen-bond acceptors (Lipinski definition) is 3. The Morgan fingerprint density at radius 2 is 2.08 bits per heavy atom. The number of nitrogens with one attached hydrogen (secondary N) is 1. The summed E-state index contributed by atoms with van der Waals surface area (Å²) in [7, 11) is 1.66. The van der Waals surface area contributed by atoms with E-state index in [2.05, 4.69) is 23.7 Å². The van der Waals surface area contributed by atoms with E-state index in [9.17, 15) is 4.79 Å². The summed E-state index contributed by atoms with van der Waals surface area (Å²) in [5.41, 5.74) is 1.11. The van der Waals surface area contributed by atoms with Crippen LogP contribution in [0, 0.1) is 0 Å². The third-order valence-corrected chi connectivity index (χ3v) is 5.24. The van der Waals surface area contributed by atoms with Gasteiger partial charge < -0.3 is 15.0 Å². The highest BCUT2D eigenvalue weighted by Crippen LogP contribution is 2.30. The molecule has 2 amide bonds. The normalized spacial score (nSPS) is 14.9. The smallest absolute Gasteiger partial charge is 0.318 e. The van der Waals surface area contributed by atoms with Gasteiger partial charge in [-0.2, -0.15) is 0 Å². The monoisotopic (exact) mass is 344 g/mol. The number of hydrogen-bond donors (Lipinski definition) is 1. The molecule has 1 aromatic carbocycles. The van der Waals surface area contributed by atoms with Gasteiger partial charge in [-0.05, 0) is 48.4 Å². The van der Waals surface area contributed by atoms with E-state index in [1.165, 1.54) is 4.88 Å². The fourth-order valence-electron chi connectivity index (χ4n) is 2.81. The second kappa shape index (κ2) is 7.71. The molecular formula is C19H24N2O2S. The SMILES string of the molecule is CCC(NC(=O)N(Cc1cccs1)C1CC1)c1ccc(OC)cc1. The highest BCUT2D eigenvalue weighted by Gasteiger charge is 2.33. The number of carbonyl (C=O) groups excluding carboxylic acids is 1. The minimum Gasteiger partial charge on any atom is -0.497 e. The Hall–Kier alpha value is -2.01. The summed E-state index contributed by atoms with van der Waals surface area (Å²) < 4.78 is 5.21. The van der Waals surface area contributed by atoms with Gasteiger partial charge in [-0.25, -0.2) is 4.79 Å². The molecule has 0 saturated heterocycles. The number of benzene rings is 1. The Morgan fingerprint density at radius 3 is 2.62 bits per heavy atom. The summed E-state index contributed by atoms with van der Waals surface area (Å²) in [4.78, 5) is 16.0. The maximum absolute atomic E-state index is 12.8. The van der Waals surface area contributed by atoms with E-state index in [0.717, 1.165) is 30.6 Å².